The summed E-state index contributed by atoms with van der Waals surface area (Å²) in [5.74, 6) is 0.779. The molecule has 1 aliphatic heterocycles. The van der Waals surface area contributed by atoms with Gasteiger partial charge in [0.05, 0.1) is 5.69 Å². The summed E-state index contributed by atoms with van der Waals surface area (Å²) < 4.78 is 0. The van der Waals surface area contributed by atoms with Crippen LogP contribution in [-0.4, -0.2) is 24.6 Å². The van der Waals surface area contributed by atoms with E-state index in [9.17, 15) is 0 Å². The van der Waals surface area contributed by atoms with Gasteiger partial charge < -0.3 is 10.2 Å². The first kappa shape index (κ1) is 16.8. The molecular weight excluding hydrogens is 278 g/mol. The molecule has 1 N–H and O–H groups in total. The summed E-state index contributed by atoms with van der Waals surface area (Å²) in [7, 11) is 0. The van der Waals surface area contributed by atoms with Gasteiger partial charge in [-0.05, 0) is 44.6 Å². The van der Waals surface area contributed by atoms with Crippen LogP contribution < -0.4 is 10.2 Å². The normalized spacial score (nSPS) is 21.0. The van der Waals surface area contributed by atoms with Gasteiger partial charge in [0.15, 0.2) is 5.13 Å². The lowest BCUT2D eigenvalue weighted by Gasteiger charge is -2.26. The highest BCUT2D eigenvalue weighted by atomic mass is 32.1. The van der Waals surface area contributed by atoms with Crippen LogP contribution in [0.3, 0.4) is 0 Å². The van der Waals surface area contributed by atoms with E-state index in [0.717, 1.165) is 25.6 Å². The van der Waals surface area contributed by atoms with E-state index in [1.165, 1.54) is 28.5 Å². The minimum absolute atomic E-state index is 0.403. The lowest BCUT2D eigenvalue weighted by molar-refractivity contribution is 0.263. The Morgan fingerprint density at radius 3 is 2.71 bits per heavy atom. The van der Waals surface area contributed by atoms with Crippen LogP contribution >= 0.6 is 11.3 Å². The second-order valence-electron chi connectivity index (χ2n) is 7.42. The Hall–Kier alpha value is -0.610. The fourth-order valence-corrected chi connectivity index (χ4v) is 4.15. The molecule has 2 heterocycles. The van der Waals surface area contributed by atoms with Crippen molar-refractivity contribution in [3.8, 4) is 0 Å². The summed E-state index contributed by atoms with van der Waals surface area (Å²) in [5, 5.41) is 4.80. The van der Waals surface area contributed by atoms with Gasteiger partial charge in [-0.3, -0.25) is 0 Å². The van der Waals surface area contributed by atoms with Crippen LogP contribution in [0.5, 0.6) is 0 Å². The molecule has 0 aliphatic carbocycles. The Morgan fingerprint density at radius 2 is 2.14 bits per heavy atom. The van der Waals surface area contributed by atoms with Crippen molar-refractivity contribution in [1.29, 1.82) is 0 Å². The van der Waals surface area contributed by atoms with Gasteiger partial charge >= 0.3 is 0 Å². The number of rotatable bonds is 5. The lowest BCUT2D eigenvalue weighted by atomic mass is 9.80. The van der Waals surface area contributed by atoms with Gasteiger partial charge in [-0.2, -0.15) is 0 Å². The quantitative estimate of drug-likeness (QED) is 0.874. The largest absolute Gasteiger partial charge is 0.348 e. The molecule has 0 bridgehead atoms. The van der Waals surface area contributed by atoms with E-state index in [4.69, 9.17) is 4.98 Å². The van der Waals surface area contributed by atoms with E-state index < -0.39 is 0 Å². The summed E-state index contributed by atoms with van der Waals surface area (Å²) in [6, 6.07) is 0.414. The van der Waals surface area contributed by atoms with Crippen LogP contribution in [0.1, 0.15) is 64.1 Å². The van der Waals surface area contributed by atoms with Gasteiger partial charge in [0.25, 0.3) is 0 Å². The predicted molar refractivity (Wildman–Crippen MR) is 93.3 cm³/mol. The molecule has 1 saturated heterocycles. The highest BCUT2D eigenvalue weighted by molar-refractivity contribution is 7.15. The summed E-state index contributed by atoms with van der Waals surface area (Å²) in [6.45, 7) is 17.1. The maximum Gasteiger partial charge on any atom is 0.185 e. The van der Waals surface area contributed by atoms with Gasteiger partial charge in [0.1, 0.15) is 0 Å². The number of aromatic nitrogens is 1. The smallest absolute Gasteiger partial charge is 0.185 e. The first-order valence-electron chi connectivity index (χ1n) is 8.28. The number of nitrogens with one attached hydrogen (secondary N) is 1. The molecule has 1 fully saturated rings. The SMILES string of the molecule is CCCNC(C)c1sc(N2CCC(C(C)(C)C)C2)nc1C. The fourth-order valence-electron chi connectivity index (χ4n) is 3.02. The molecule has 2 rings (SSSR count). The zero-order valence-corrected chi connectivity index (χ0v) is 15.3. The molecule has 0 saturated carbocycles. The third-order valence-corrected chi connectivity index (χ3v) is 6.00. The molecule has 0 amide bonds. The first-order chi connectivity index (χ1) is 9.82. The molecular formula is C17H31N3S. The number of nitrogens with zero attached hydrogens (tertiary/aromatic N) is 2. The fraction of sp³-hybridized carbons (Fsp3) is 0.824. The van der Waals surface area contributed by atoms with Crippen molar-refractivity contribution in [1.82, 2.24) is 10.3 Å². The Kier molecular flexibility index (Phi) is 5.31. The standard InChI is InChI=1S/C17H31N3S/c1-7-9-18-12(2)15-13(3)19-16(21-15)20-10-8-14(11-20)17(4,5)6/h12,14,18H,7-11H2,1-6H3. The lowest BCUT2D eigenvalue weighted by Crippen LogP contribution is -2.25. The van der Waals surface area contributed by atoms with E-state index in [1.807, 2.05) is 11.3 Å². The van der Waals surface area contributed by atoms with E-state index >= 15 is 0 Å². The number of thiazole rings is 1. The van der Waals surface area contributed by atoms with Crippen molar-refractivity contribution in [2.75, 3.05) is 24.5 Å². The molecule has 0 aromatic carbocycles. The van der Waals surface area contributed by atoms with Crippen molar-refractivity contribution in [2.45, 2.75) is 60.4 Å². The molecule has 0 radical (unpaired) electrons. The number of aryl methyl sites for hydroxylation is 1. The van der Waals surface area contributed by atoms with Crippen molar-refractivity contribution in [3.63, 3.8) is 0 Å². The van der Waals surface area contributed by atoms with Crippen molar-refractivity contribution in [3.05, 3.63) is 10.6 Å². The van der Waals surface area contributed by atoms with Crippen LogP contribution in [0.2, 0.25) is 0 Å². The monoisotopic (exact) mass is 309 g/mol. The average molecular weight is 310 g/mol. The first-order valence-corrected chi connectivity index (χ1v) is 9.10. The average Bonchev–Trinajstić information content (AvgIpc) is 3.01. The van der Waals surface area contributed by atoms with E-state index in [-0.39, 0.29) is 0 Å². The van der Waals surface area contributed by atoms with Crippen LogP contribution in [-0.2, 0) is 0 Å². The zero-order valence-electron chi connectivity index (χ0n) is 14.5. The molecule has 21 heavy (non-hydrogen) atoms. The van der Waals surface area contributed by atoms with Crippen LogP contribution in [0.15, 0.2) is 0 Å². The van der Waals surface area contributed by atoms with Crippen LogP contribution in [0.4, 0.5) is 5.13 Å². The molecule has 1 aromatic heterocycles. The molecule has 2 unspecified atom stereocenters. The molecule has 1 aliphatic rings. The zero-order chi connectivity index (χ0) is 15.6. The molecule has 4 heteroatoms. The minimum Gasteiger partial charge on any atom is -0.348 e. The Labute approximate surface area is 134 Å². The third kappa shape index (κ3) is 3.98. The molecule has 0 spiro atoms. The number of hydrogen-bond donors (Lipinski definition) is 1. The maximum atomic E-state index is 4.84. The van der Waals surface area contributed by atoms with Gasteiger partial charge in [-0.25, -0.2) is 4.98 Å². The minimum atomic E-state index is 0.403. The molecule has 120 valence electrons. The van der Waals surface area contributed by atoms with Crippen molar-refractivity contribution < 1.29 is 0 Å². The van der Waals surface area contributed by atoms with Gasteiger partial charge in [-0.1, -0.05) is 27.7 Å². The Bertz CT molecular complexity index is 461. The van der Waals surface area contributed by atoms with Crippen molar-refractivity contribution >= 4 is 16.5 Å². The summed E-state index contributed by atoms with van der Waals surface area (Å²) in [4.78, 5) is 8.73. The Morgan fingerprint density at radius 1 is 1.43 bits per heavy atom. The number of anilines is 1. The molecule has 1 aromatic rings. The van der Waals surface area contributed by atoms with E-state index in [2.05, 4.69) is 51.8 Å². The van der Waals surface area contributed by atoms with Crippen LogP contribution in [0, 0.1) is 18.3 Å². The predicted octanol–water partition coefficient (Wildman–Crippen LogP) is 4.38. The summed E-state index contributed by atoms with van der Waals surface area (Å²) >= 11 is 1.88. The van der Waals surface area contributed by atoms with Crippen molar-refractivity contribution in [2.24, 2.45) is 11.3 Å². The highest BCUT2D eigenvalue weighted by Crippen LogP contribution is 2.38. The summed E-state index contributed by atoms with van der Waals surface area (Å²) in [6.07, 6.45) is 2.47. The van der Waals surface area contributed by atoms with Crippen LogP contribution in [0.25, 0.3) is 0 Å². The number of hydrogen-bond acceptors (Lipinski definition) is 4. The highest BCUT2D eigenvalue weighted by Gasteiger charge is 2.33. The Balaban J connectivity index is 2.06. The van der Waals surface area contributed by atoms with Gasteiger partial charge in [0, 0.05) is 24.0 Å². The van der Waals surface area contributed by atoms with E-state index in [0.29, 0.717) is 11.5 Å². The molecule has 3 nitrogen and oxygen atoms in total. The van der Waals surface area contributed by atoms with E-state index in [1.54, 1.807) is 0 Å². The molecule has 2 atom stereocenters. The second-order valence-corrected chi connectivity index (χ2v) is 8.43. The van der Waals surface area contributed by atoms with Gasteiger partial charge in [0.2, 0.25) is 0 Å². The summed E-state index contributed by atoms with van der Waals surface area (Å²) in [5.41, 5.74) is 1.60. The maximum absolute atomic E-state index is 4.84. The third-order valence-electron chi connectivity index (χ3n) is 4.60. The second kappa shape index (κ2) is 6.66. The van der Waals surface area contributed by atoms with Gasteiger partial charge in [-0.15, -0.1) is 11.3 Å². The topological polar surface area (TPSA) is 28.2 Å².